The van der Waals surface area contributed by atoms with Crippen LogP contribution < -0.4 is 5.76 Å². The lowest BCUT2D eigenvalue weighted by Crippen LogP contribution is -2.41. The smallest absolute Gasteiger partial charge is 0.392 e. The molecule has 3 heterocycles. The summed E-state index contributed by atoms with van der Waals surface area (Å²) in [5, 5.41) is 6.15. The van der Waals surface area contributed by atoms with E-state index in [9.17, 15) is 9.59 Å². The molecule has 2 aromatic rings. The van der Waals surface area contributed by atoms with Crippen LogP contribution in [0.2, 0.25) is 0 Å². The molecule has 21 heavy (non-hydrogen) atoms. The lowest BCUT2D eigenvalue weighted by Gasteiger charge is -2.32. The van der Waals surface area contributed by atoms with Gasteiger partial charge in [0, 0.05) is 31.4 Å². The molecule has 7 nitrogen and oxygen atoms in total. The van der Waals surface area contributed by atoms with Gasteiger partial charge in [-0.3, -0.25) is 4.79 Å². The number of H-pyrrole nitrogens is 1. The summed E-state index contributed by atoms with van der Waals surface area (Å²) in [6, 6.07) is 3.63. The summed E-state index contributed by atoms with van der Waals surface area (Å²) in [6.45, 7) is 3.22. The van der Waals surface area contributed by atoms with E-state index in [0.29, 0.717) is 19.0 Å². The summed E-state index contributed by atoms with van der Waals surface area (Å²) in [4.78, 5) is 25.3. The summed E-state index contributed by atoms with van der Waals surface area (Å²) in [7, 11) is 0. The van der Waals surface area contributed by atoms with Gasteiger partial charge in [-0.15, -0.1) is 5.10 Å². The highest BCUT2D eigenvalue weighted by atomic mass is 16.4. The average Bonchev–Trinajstić information content (AvgIpc) is 3.17. The number of piperidine rings is 1. The predicted octanol–water partition coefficient (Wildman–Crippen LogP) is 1.13. The van der Waals surface area contributed by atoms with Crippen LogP contribution in [0, 0.1) is 0 Å². The number of carbonyl (C=O) groups is 1. The molecule has 1 atom stereocenters. The standard InChI is InChI=1S/C14H18N4O3/c1-10(17-6-2-3-7-17)13(19)18-8-4-11(5-9-18)12-15-16-14(20)21-12/h2-3,6-7,10-11H,4-5,8-9H2,1H3,(H,16,20). The van der Waals surface area contributed by atoms with E-state index < -0.39 is 5.76 Å². The Balaban J connectivity index is 1.60. The van der Waals surface area contributed by atoms with Gasteiger partial charge in [0.05, 0.1) is 0 Å². The van der Waals surface area contributed by atoms with Crippen molar-refractivity contribution in [2.24, 2.45) is 0 Å². The summed E-state index contributed by atoms with van der Waals surface area (Å²) < 4.78 is 6.90. The summed E-state index contributed by atoms with van der Waals surface area (Å²) >= 11 is 0. The van der Waals surface area contributed by atoms with E-state index in [-0.39, 0.29) is 17.9 Å². The van der Waals surface area contributed by atoms with Gasteiger partial charge in [0.25, 0.3) is 0 Å². The van der Waals surface area contributed by atoms with Crippen molar-refractivity contribution in [3.05, 3.63) is 41.0 Å². The molecule has 0 bridgehead atoms. The second kappa shape index (κ2) is 5.59. The molecule has 1 fully saturated rings. The molecule has 112 valence electrons. The molecule has 0 aliphatic carbocycles. The second-order valence-electron chi connectivity index (χ2n) is 5.36. The van der Waals surface area contributed by atoms with Crippen LogP contribution in [0.15, 0.2) is 33.7 Å². The van der Waals surface area contributed by atoms with Crippen LogP contribution in [0.3, 0.4) is 0 Å². The summed E-state index contributed by atoms with van der Waals surface area (Å²) in [6.07, 6.45) is 5.32. The van der Waals surface area contributed by atoms with E-state index in [1.807, 2.05) is 40.9 Å². The normalized spacial score (nSPS) is 17.9. The third kappa shape index (κ3) is 2.76. The zero-order valence-corrected chi connectivity index (χ0v) is 11.9. The van der Waals surface area contributed by atoms with Crippen LogP contribution in [0.25, 0.3) is 0 Å². The van der Waals surface area contributed by atoms with Crippen molar-refractivity contribution in [1.82, 2.24) is 19.7 Å². The zero-order valence-electron chi connectivity index (χ0n) is 11.9. The van der Waals surface area contributed by atoms with Crippen LogP contribution in [0.1, 0.15) is 37.6 Å². The predicted molar refractivity (Wildman–Crippen MR) is 74.8 cm³/mol. The van der Waals surface area contributed by atoms with Gasteiger partial charge in [0.1, 0.15) is 6.04 Å². The maximum Gasteiger partial charge on any atom is 0.434 e. The first-order chi connectivity index (χ1) is 10.1. The van der Waals surface area contributed by atoms with Crippen molar-refractivity contribution in [3.63, 3.8) is 0 Å². The lowest BCUT2D eigenvalue weighted by molar-refractivity contribution is -0.135. The van der Waals surface area contributed by atoms with Gasteiger partial charge < -0.3 is 13.9 Å². The molecule has 1 aliphatic rings. The van der Waals surface area contributed by atoms with Gasteiger partial charge in [-0.1, -0.05) is 0 Å². The lowest BCUT2D eigenvalue weighted by atomic mass is 9.96. The van der Waals surface area contributed by atoms with Gasteiger partial charge in [-0.2, -0.15) is 0 Å². The molecule has 1 N–H and O–H groups in total. The number of hydrogen-bond donors (Lipinski definition) is 1. The molecule has 0 radical (unpaired) electrons. The third-order valence-electron chi connectivity index (χ3n) is 4.04. The number of nitrogens with zero attached hydrogens (tertiary/aromatic N) is 3. The minimum atomic E-state index is -0.523. The van der Waals surface area contributed by atoms with Crippen LogP contribution in [0.5, 0.6) is 0 Å². The Bertz CT molecular complexity index is 650. The van der Waals surface area contributed by atoms with Crippen molar-refractivity contribution in [1.29, 1.82) is 0 Å². The number of likely N-dealkylation sites (tertiary alicyclic amines) is 1. The van der Waals surface area contributed by atoms with Crippen LogP contribution in [-0.2, 0) is 4.79 Å². The van der Waals surface area contributed by atoms with Crippen LogP contribution in [0.4, 0.5) is 0 Å². The Labute approximate surface area is 121 Å². The Kier molecular flexibility index (Phi) is 3.64. The molecule has 0 saturated carbocycles. The van der Waals surface area contributed by atoms with Gasteiger partial charge in [-0.25, -0.2) is 9.89 Å². The highest BCUT2D eigenvalue weighted by Crippen LogP contribution is 2.26. The SMILES string of the molecule is CC(C(=O)N1CCC(c2n[nH]c(=O)o2)CC1)n1cccc1. The van der Waals surface area contributed by atoms with E-state index in [1.165, 1.54) is 0 Å². The number of nitrogens with one attached hydrogen (secondary N) is 1. The molecule has 1 saturated heterocycles. The minimum Gasteiger partial charge on any atom is -0.392 e. The van der Waals surface area contributed by atoms with Gasteiger partial charge in [0.15, 0.2) is 0 Å². The molecule has 1 aliphatic heterocycles. The number of aromatic nitrogens is 3. The topological polar surface area (TPSA) is 84.1 Å². The van der Waals surface area contributed by atoms with E-state index in [4.69, 9.17) is 4.42 Å². The Morgan fingerprint density at radius 3 is 2.62 bits per heavy atom. The van der Waals surface area contributed by atoms with E-state index in [0.717, 1.165) is 12.8 Å². The summed E-state index contributed by atoms with van der Waals surface area (Å²) in [5.41, 5.74) is 0. The second-order valence-corrected chi connectivity index (χ2v) is 5.36. The monoisotopic (exact) mass is 290 g/mol. The van der Waals surface area contributed by atoms with E-state index >= 15 is 0 Å². The summed E-state index contributed by atoms with van der Waals surface area (Å²) in [5.74, 6) is 0.151. The van der Waals surface area contributed by atoms with Crippen molar-refractivity contribution in [2.75, 3.05) is 13.1 Å². The fourth-order valence-electron chi connectivity index (χ4n) is 2.76. The zero-order chi connectivity index (χ0) is 14.8. The van der Waals surface area contributed by atoms with Gasteiger partial charge >= 0.3 is 5.76 Å². The number of amides is 1. The van der Waals surface area contributed by atoms with Crippen LogP contribution in [-0.4, -0.2) is 38.7 Å². The molecule has 0 spiro atoms. The molecular formula is C14H18N4O3. The quantitative estimate of drug-likeness (QED) is 0.918. The fourth-order valence-corrected chi connectivity index (χ4v) is 2.76. The average molecular weight is 290 g/mol. The molecule has 3 rings (SSSR count). The molecular weight excluding hydrogens is 272 g/mol. The highest BCUT2D eigenvalue weighted by Gasteiger charge is 2.29. The van der Waals surface area contributed by atoms with Crippen molar-refractivity contribution in [3.8, 4) is 0 Å². The molecule has 2 aromatic heterocycles. The van der Waals surface area contributed by atoms with Gasteiger partial charge in [-0.05, 0) is 31.9 Å². The largest absolute Gasteiger partial charge is 0.434 e. The number of rotatable bonds is 3. The first-order valence-corrected chi connectivity index (χ1v) is 7.12. The van der Waals surface area contributed by atoms with Crippen molar-refractivity contribution < 1.29 is 9.21 Å². The van der Waals surface area contributed by atoms with E-state index in [2.05, 4.69) is 10.2 Å². The van der Waals surface area contributed by atoms with Gasteiger partial charge in [0.2, 0.25) is 11.8 Å². The number of carbonyl (C=O) groups excluding carboxylic acids is 1. The highest BCUT2D eigenvalue weighted by molar-refractivity contribution is 5.80. The third-order valence-corrected chi connectivity index (χ3v) is 4.04. The Morgan fingerprint density at radius 1 is 1.38 bits per heavy atom. The molecule has 1 unspecified atom stereocenters. The first-order valence-electron chi connectivity index (χ1n) is 7.12. The number of aromatic amines is 1. The Morgan fingerprint density at radius 2 is 2.05 bits per heavy atom. The maximum absolute atomic E-state index is 12.5. The Hall–Kier alpha value is -2.31. The maximum atomic E-state index is 12.5. The van der Waals surface area contributed by atoms with Crippen LogP contribution >= 0.6 is 0 Å². The van der Waals surface area contributed by atoms with Crippen molar-refractivity contribution >= 4 is 5.91 Å². The van der Waals surface area contributed by atoms with Crippen molar-refractivity contribution in [2.45, 2.75) is 31.7 Å². The first kappa shape index (κ1) is 13.7. The fraction of sp³-hybridized carbons (Fsp3) is 0.500. The minimum absolute atomic E-state index is 0.106. The molecule has 7 heteroatoms. The number of hydrogen-bond acceptors (Lipinski definition) is 4. The van der Waals surface area contributed by atoms with E-state index in [1.54, 1.807) is 0 Å². The molecule has 1 amide bonds. The molecule has 0 aromatic carbocycles.